The second kappa shape index (κ2) is 7.73. The molecule has 1 heterocycles. The van der Waals surface area contributed by atoms with Crippen molar-refractivity contribution in [3.63, 3.8) is 0 Å². The summed E-state index contributed by atoms with van der Waals surface area (Å²) in [7, 11) is -3.96. The van der Waals surface area contributed by atoms with Crippen molar-refractivity contribution in [3.8, 4) is 0 Å². The van der Waals surface area contributed by atoms with Gasteiger partial charge in [0.05, 0.1) is 10.5 Å². The Morgan fingerprint density at radius 3 is 2.38 bits per heavy atom. The number of halogens is 1. The van der Waals surface area contributed by atoms with Crippen LogP contribution in [0.4, 0.5) is 0 Å². The van der Waals surface area contributed by atoms with E-state index in [1.165, 1.54) is 12.1 Å². The van der Waals surface area contributed by atoms with Gasteiger partial charge in [0.15, 0.2) is 6.61 Å². The molecule has 0 saturated heterocycles. The van der Waals surface area contributed by atoms with Crippen LogP contribution in [-0.2, 0) is 21.3 Å². The maximum Gasteiger partial charge on any atom is 0.339 e. The maximum atomic E-state index is 12.4. The van der Waals surface area contributed by atoms with Crippen LogP contribution in [-0.4, -0.2) is 31.3 Å². The average molecular weight is 443 g/mol. The topological polar surface area (TPSA) is 108 Å². The SMILES string of the molecule is CCn1c(C)cc(C(=O)COC(=O)c2cc(S(N)(=O)=O)ccc2Br)c1C. The van der Waals surface area contributed by atoms with Gasteiger partial charge in [0.2, 0.25) is 15.8 Å². The summed E-state index contributed by atoms with van der Waals surface area (Å²) in [5.74, 6) is -1.15. The molecule has 1 aromatic heterocycles. The van der Waals surface area contributed by atoms with Crippen LogP contribution in [0.2, 0.25) is 0 Å². The fraction of sp³-hybridized carbons (Fsp3) is 0.294. The molecular weight excluding hydrogens is 424 g/mol. The van der Waals surface area contributed by atoms with E-state index in [1.807, 2.05) is 25.3 Å². The van der Waals surface area contributed by atoms with Gasteiger partial charge in [0, 0.05) is 28.0 Å². The number of rotatable bonds is 6. The Morgan fingerprint density at radius 1 is 1.19 bits per heavy atom. The van der Waals surface area contributed by atoms with E-state index < -0.39 is 22.6 Å². The number of aryl methyl sites for hydroxylation is 1. The van der Waals surface area contributed by atoms with E-state index in [9.17, 15) is 18.0 Å². The molecule has 0 amide bonds. The van der Waals surface area contributed by atoms with Crippen LogP contribution in [0.1, 0.15) is 39.0 Å². The molecule has 1 aromatic carbocycles. The number of benzene rings is 1. The molecule has 0 bridgehead atoms. The minimum atomic E-state index is -3.96. The first-order valence-corrected chi connectivity index (χ1v) is 10.1. The Kier molecular flexibility index (Phi) is 6.05. The first-order chi connectivity index (χ1) is 12.1. The van der Waals surface area contributed by atoms with Gasteiger partial charge >= 0.3 is 5.97 Å². The van der Waals surface area contributed by atoms with Gasteiger partial charge in [-0.1, -0.05) is 0 Å². The average Bonchev–Trinajstić information content (AvgIpc) is 2.85. The van der Waals surface area contributed by atoms with Gasteiger partial charge in [-0.2, -0.15) is 0 Å². The van der Waals surface area contributed by atoms with Gasteiger partial charge in [-0.15, -0.1) is 0 Å². The number of nitrogens with two attached hydrogens (primary N) is 1. The molecule has 0 fully saturated rings. The molecule has 0 unspecified atom stereocenters. The smallest absolute Gasteiger partial charge is 0.339 e. The molecular formula is C17H19BrN2O5S. The third kappa shape index (κ3) is 4.22. The molecule has 2 N–H and O–H groups in total. The zero-order valence-corrected chi connectivity index (χ0v) is 17.0. The standard InChI is InChI=1S/C17H19BrN2O5S/c1-4-20-10(2)7-13(11(20)3)16(21)9-25-17(22)14-8-12(26(19,23)24)5-6-15(14)18/h5-8H,4,9H2,1-3H3,(H2,19,23,24). The summed E-state index contributed by atoms with van der Waals surface area (Å²) >= 11 is 3.16. The number of ketones is 1. The molecule has 0 aliphatic carbocycles. The number of carbonyl (C=O) groups is 2. The number of sulfonamides is 1. The third-order valence-corrected chi connectivity index (χ3v) is 5.61. The molecule has 0 spiro atoms. The fourth-order valence-corrected chi connectivity index (χ4v) is 3.64. The zero-order valence-electron chi connectivity index (χ0n) is 14.6. The quantitative estimate of drug-likeness (QED) is 0.545. The summed E-state index contributed by atoms with van der Waals surface area (Å²) in [5, 5.41) is 5.07. The number of aromatic nitrogens is 1. The van der Waals surface area contributed by atoms with Crippen LogP contribution in [0.3, 0.4) is 0 Å². The summed E-state index contributed by atoms with van der Waals surface area (Å²) in [6, 6.07) is 5.51. The fourth-order valence-electron chi connectivity index (χ4n) is 2.69. The number of hydrogen-bond acceptors (Lipinski definition) is 5. The van der Waals surface area contributed by atoms with E-state index in [2.05, 4.69) is 15.9 Å². The van der Waals surface area contributed by atoms with Crippen molar-refractivity contribution in [2.75, 3.05) is 6.61 Å². The van der Waals surface area contributed by atoms with Gasteiger partial charge in [-0.05, 0) is 61.0 Å². The van der Waals surface area contributed by atoms with Gasteiger partial charge in [-0.3, -0.25) is 4.79 Å². The minimum Gasteiger partial charge on any atom is -0.454 e. The van der Waals surface area contributed by atoms with E-state index in [1.54, 1.807) is 6.07 Å². The number of Topliss-reactive ketones (excluding diaryl/α,β-unsaturated/α-hetero) is 1. The van der Waals surface area contributed by atoms with Crippen molar-refractivity contribution >= 4 is 37.7 Å². The minimum absolute atomic E-state index is 0.0247. The van der Waals surface area contributed by atoms with Crippen molar-refractivity contribution in [2.24, 2.45) is 5.14 Å². The normalized spacial score (nSPS) is 11.4. The Bertz CT molecular complexity index is 979. The molecule has 7 nitrogen and oxygen atoms in total. The number of primary sulfonamides is 1. The highest BCUT2D eigenvalue weighted by Gasteiger charge is 2.20. The lowest BCUT2D eigenvalue weighted by Crippen LogP contribution is -2.17. The molecule has 2 aromatic rings. The first kappa shape index (κ1) is 20.3. The number of hydrogen-bond donors (Lipinski definition) is 1. The zero-order chi connectivity index (χ0) is 19.6. The van der Waals surface area contributed by atoms with Crippen LogP contribution >= 0.6 is 15.9 Å². The molecule has 0 aliphatic heterocycles. The molecule has 0 saturated carbocycles. The molecule has 0 atom stereocenters. The molecule has 0 radical (unpaired) electrons. The van der Waals surface area contributed by atoms with E-state index in [0.717, 1.165) is 24.0 Å². The Morgan fingerprint density at radius 2 is 1.85 bits per heavy atom. The van der Waals surface area contributed by atoms with E-state index >= 15 is 0 Å². The Labute approximate surface area is 160 Å². The van der Waals surface area contributed by atoms with Crippen LogP contribution < -0.4 is 5.14 Å². The molecule has 2 rings (SSSR count). The Balaban J connectivity index is 2.18. The lowest BCUT2D eigenvalue weighted by molar-refractivity contribution is 0.0473. The maximum absolute atomic E-state index is 12.4. The van der Waals surface area contributed by atoms with Gasteiger partial charge in [0.1, 0.15) is 0 Å². The largest absolute Gasteiger partial charge is 0.454 e. The lowest BCUT2D eigenvalue weighted by Gasteiger charge is -2.08. The van der Waals surface area contributed by atoms with E-state index in [-0.39, 0.29) is 16.2 Å². The van der Waals surface area contributed by atoms with Crippen molar-refractivity contribution < 1.29 is 22.7 Å². The van der Waals surface area contributed by atoms with E-state index in [4.69, 9.17) is 9.88 Å². The predicted octanol–water partition coefficient (Wildman–Crippen LogP) is 2.57. The van der Waals surface area contributed by atoms with Gasteiger partial charge in [0.25, 0.3) is 0 Å². The van der Waals surface area contributed by atoms with Crippen LogP contribution in [0.5, 0.6) is 0 Å². The highest BCUT2D eigenvalue weighted by molar-refractivity contribution is 9.10. The summed E-state index contributed by atoms with van der Waals surface area (Å²) in [5.41, 5.74) is 2.23. The second-order valence-electron chi connectivity index (χ2n) is 5.72. The summed E-state index contributed by atoms with van der Waals surface area (Å²) in [4.78, 5) is 24.4. The molecule has 0 aliphatic rings. The highest BCUT2D eigenvalue weighted by Crippen LogP contribution is 2.22. The number of nitrogens with zero attached hydrogens (tertiary/aromatic N) is 1. The summed E-state index contributed by atoms with van der Waals surface area (Å²) in [6.45, 7) is 5.99. The monoisotopic (exact) mass is 442 g/mol. The van der Waals surface area contributed by atoms with Gasteiger partial charge < -0.3 is 9.30 Å². The van der Waals surface area contributed by atoms with E-state index in [0.29, 0.717) is 10.0 Å². The molecule has 9 heteroatoms. The van der Waals surface area contributed by atoms with Crippen molar-refractivity contribution in [1.82, 2.24) is 4.57 Å². The summed E-state index contributed by atoms with van der Waals surface area (Å²) < 4.78 is 30.2. The third-order valence-electron chi connectivity index (χ3n) is 4.01. The second-order valence-corrected chi connectivity index (χ2v) is 8.13. The van der Waals surface area contributed by atoms with Crippen LogP contribution in [0, 0.1) is 13.8 Å². The van der Waals surface area contributed by atoms with Crippen LogP contribution in [0.15, 0.2) is 33.6 Å². The highest BCUT2D eigenvalue weighted by atomic mass is 79.9. The number of esters is 1. The number of ether oxygens (including phenoxy) is 1. The Hall–Kier alpha value is -1.97. The molecule has 26 heavy (non-hydrogen) atoms. The van der Waals surface area contributed by atoms with Gasteiger partial charge in [-0.25, -0.2) is 18.4 Å². The van der Waals surface area contributed by atoms with Crippen molar-refractivity contribution in [1.29, 1.82) is 0 Å². The number of carbonyl (C=O) groups excluding carboxylic acids is 2. The van der Waals surface area contributed by atoms with Crippen molar-refractivity contribution in [2.45, 2.75) is 32.2 Å². The first-order valence-electron chi connectivity index (χ1n) is 7.75. The predicted molar refractivity (Wildman–Crippen MR) is 99.7 cm³/mol. The lowest BCUT2D eigenvalue weighted by atomic mass is 10.1. The molecule has 140 valence electrons. The van der Waals surface area contributed by atoms with Crippen molar-refractivity contribution in [3.05, 3.63) is 51.3 Å². The summed E-state index contributed by atoms with van der Waals surface area (Å²) in [6.07, 6.45) is 0. The van der Waals surface area contributed by atoms with Crippen LogP contribution in [0.25, 0.3) is 0 Å².